The Morgan fingerprint density at radius 2 is 2.39 bits per heavy atom. The molecule has 2 rings (SSSR count). The molecule has 0 radical (unpaired) electrons. The molecule has 1 aromatic rings. The van der Waals surface area contributed by atoms with E-state index in [2.05, 4.69) is 4.90 Å². The van der Waals surface area contributed by atoms with E-state index in [0.29, 0.717) is 13.2 Å². The second-order valence-electron chi connectivity index (χ2n) is 4.60. The molecular weight excluding hydrogens is 255 g/mol. The first-order valence-electron chi connectivity index (χ1n) is 6.12. The molecule has 1 fully saturated rings. The Hall–Kier alpha value is -0.680. The summed E-state index contributed by atoms with van der Waals surface area (Å²) in [5, 5.41) is 0.146. The van der Waals surface area contributed by atoms with Crippen molar-refractivity contribution in [3.8, 4) is 0 Å². The fourth-order valence-electron chi connectivity index (χ4n) is 2.34. The van der Waals surface area contributed by atoms with Crippen LogP contribution in [0.3, 0.4) is 0 Å². The molecule has 5 heteroatoms. The topological polar surface area (TPSA) is 38.5 Å². The van der Waals surface area contributed by atoms with Crippen molar-refractivity contribution in [3.63, 3.8) is 0 Å². The minimum atomic E-state index is -0.397. The zero-order valence-corrected chi connectivity index (χ0v) is 11.2. The van der Waals surface area contributed by atoms with Crippen LogP contribution in [0.5, 0.6) is 0 Å². The van der Waals surface area contributed by atoms with Crippen LogP contribution in [-0.4, -0.2) is 37.2 Å². The highest BCUT2D eigenvalue weighted by Crippen LogP contribution is 2.26. The SMILES string of the molecule is CC1CN(C(CN)c2ccc(F)c(Cl)c2)CCO1. The van der Waals surface area contributed by atoms with Gasteiger partial charge in [-0.3, -0.25) is 4.90 Å². The molecule has 1 aromatic carbocycles. The van der Waals surface area contributed by atoms with Gasteiger partial charge in [-0.25, -0.2) is 4.39 Å². The second kappa shape index (κ2) is 5.97. The number of rotatable bonds is 3. The van der Waals surface area contributed by atoms with E-state index in [1.807, 2.05) is 6.92 Å². The van der Waals surface area contributed by atoms with E-state index in [1.54, 1.807) is 12.1 Å². The van der Waals surface area contributed by atoms with Crippen LogP contribution in [-0.2, 0) is 4.74 Å². The summed E-state index contributed by atoms with van der Waals surface area (Å²) in [4.78, 5) is 2.26. The van der Waals surface area contributed by atoms with Crippen molar-refractivity contribution in [1.82, 2.24) is 4.90 Å². The molecular formula is C13H18ClFN2O. The lowest BCUT2D eigenvalue weighted by atomic mass is 10.0. The third kappa shape index (κ3) is 3.01. The standard InChI is InChI=1S/C13H18ClFN2O/c1-9-8-17(4-5-18-9)13(7-16)10-2-3-12(15)11(14)6-10/h2-3,6,9,13H,4-5,7-8,16H2,1H3. The maximum atomic E-state index is 13.2. The summed E-state index contributed by atoms with van der Waals surface area (Å²) in [6.07, 6.45) is 0.198. The third-order valence-electron chi connectivity index (χ3n) is 3.26. The highest BCUT2D eigenvalue weighted by Gasteiger charge is 2.24. The molecule has 100 valence electrons. The molecule has 2 N–H and O–H groups in total. The molecule has 0 aromatic heterocycles. The van der Waals surface area contributed by atoms with E-state index >= 15 is 0 Å². The van der Waals surface area contributed by atoms with Crippen LogP contribution in [0.1, 0.15) is 18.5 Å². The van der Waals surface area contributed by atoms with Crippen LogP contribution < -0.4 is 5.73 Å². The number of hydrogen-bond acceptors (Lipinski definition) is 3. The van der Waals surface area contributed by atoms with Crippen LogP contribution in [0, 0.1) is 5.82 Å². The number of ether oxygens (including phenoxy) is 1. The van der Waals surface area contributed by atoms with Crippen molar-refractivity contribution in [1.29, 1.82) is 0 Å². The predicted octanol–water partition coefficient (Wildman–Crippen LogP) is 2.20. The van der Waals surface area contributed by atoms with Crippen molar-refractivity contribution < 1.29 is 9.13 Å². The largest absolute Gasteiger partial charge is 0.376 e. The third-order valence-corrected chi connectivity index (χ3v) is 3.55. The van der Waals surface area contributed by atoms with Gasteiger partial charge in [-0.05, 0) is 24.6 Å². The Morgan fingerprint density at radius 3 is 3.00 bits per heavy atom. The lowest BCUT2D eigenvalue weighted by molar-refractivity contribution is -0.0333. The van der Waals surface area contributed by atoms with Crippen LogP contribution in [0.4, 0.5) is 4.39 Å². The van der Waals surface area contributed by atoms with Gasteiger partial charge in [0.15, 0.2) is 0 Å². The molecule has 2 unspecified atom stereocenters. The Balaban J connectivity index is 2.18. The summed E-state index contributed by atoms with van der Waals surface area (Å²) in [5.41, 5.74) is 6.81. The minimum absolute atomic E-state index is 0.0643. The van der Waals surface area contributed by atoms with Crippen LogP contribution in [0.15, 0.2) is 18.2 Å². The average molecular weight is 273 g/mol. The maximum Gasteiger partial charge on any atom is 0.141 e. The van der Waals surface area contributed by atoms with Gasteiger partial charge < -0.3 is 10.5 Å². The molecule has 0 aliphatic carbocycles. The lowest BCUT2D eigenvalue weighted by Gasteiger charge is -2.37. The number of benzene rings is 1. The van der Waals surface area contributed by atoms with E-state index in [-0.39, 0.29) is 17.2 Å². The van der Waals surface area contributed by atoms with Gasteiger partial charge in [-0.15, -0.1) is 0 Å². The first-order chi connectivity index (χ1) is 8.61. The summed E-state index contributed by atoms with van der Waals surface area (Å²) in [5.74, 6) is -0.397. The summed E-state index contributed by atoms with van der Waals surface area (Å²) >= 11 is 5.82. The zero-order chi connectivity index (χ0) is 13.1. The van der Waals surface area contributed by atoms with Gasteiger partial charge in [0, 0.05) is 25.7 Å². The second-order valence-corrected chi connectivity index (χ2v) is 5.01. The Morgan fingerprint density at radius 1 is 1.61 bits per heavy atom. The number of nitrogens with zero attached hydrogens (tertiary/aromatic N) is 1. The molecule has 1 heterocycles. The summed E-state index contributed by atoms with van der Waals surface area (Å²) in [6, 6.07) is 4.87. The van der Waals surface area contributed by atoms with E-state index in [4.69, 9.17) is 22.1 Å². The molecule has 0 amide bonds. The van der Waals surface area contributed by atoms with Gasteiger partial charge in [-0.2, -0.15) is 0 Å². The fraction of sp³-hybridized carbons (Fsp3) is 0.538. The maximum absolute atomic E-state index is 13.2. The van der Waals surface area contributed by atoms with E-state index in [0.717, 1.165) is 18.7 Å². The summed E-state index contributed by atoms with van der Waals surface area (Å²) in [6.45, 7) is 4.89. The average Bonchev–Trinajstić information content (AvgIpc) is 2.35. The highest BCUT2D eigenvalue weighted by molar-refractivity contribution is 6.30. The molecule has 18 heavy (non-hydrogen) atoms. The molecule has 1 aliphatic heterocycles. The van der Waals surface area contributed by atoms with Crippen molar-refractivity contribution >= 4 is 11.6 Å². The zero-order valence-electron chi connectivity index (χ0n) is 10.4. The van der Waals surface area contributed by atoms with Gasteiger partial charge in [0.1, 0.15) is 5.82 Å². The van der Waals surface area contributed by atoms with Crippen molar-refractivity contribution in [3.05, 3.63) is 34.6 Å². The van der Waals surface area contributed by atoms with Crippen LogP contribution in [0.2, 0.25) is 5.02 Å². The summed E-state index contributed by atoms with van der Waals surface area (Å²) in [7, 11) is 0. The van der Waals surface area contributed by atoms with Gasteiger partial charge in [0.2, 0.25) is 0 Å². The van der Waals surface area contributed by atoms with Crippen molar-refractivity contribution in [2.75, 3.05) is 26.2 Å². The molecule has 0 spiro atoms. The van der Waals surface area contributed by atoms with Gasteiger partial charge in [-0.1, -0.05) is 17.7 Å². The first-order valence-corrected chi connectivity index (χ1v) is 6.50. The number of morpholine rings is 1. The number of nitrogens with two attached hydrogens (primary N) is 1. The van der Waals surface area contributed by atoms with E-state index in [9.17, 15) is 4.39 Å². The molecule has 1 aliphatic rings. The van der Waals surface area contributed by atoms with Gasteiger partial charge in [0.25, 0.3) is 0 Å². The van der Waals surface area contributed by atoms with E-state index in [1.165, 1.54) is 6.07 Å². The molecule has 3 nitrogen and oxygen atoms in total. The minimum Gasteiger partial charge on any atom is -0.376 e. The van der Waals surface area contributed by atoms with E-state index < -0.39 is 5.82 Å². The highest BCUT2D eigenvalue weighted by atomic mass is 35.5. The first kappa shape index (κ1) is 13.7. The van der Waals surface area contributed by atoms with Gasteiger partial charge >= 0.3 is 0 Å². The van der Waals surface area contributed by atoms with Crippen LogP contribution >= 0.6 is 11.6 Å². The Labute approximate surface area is 112 Å². The van der Waals surface area contributed by atoms with Gasteiger partial charge in [0.05, 0.1) is 17.7 Å². The molecule has 1 saturated heterocycles. The number of hydrogen-bond donors (Lipinski definition) is 1. The number of halogens is 2. The lowest BCUT2D eigenvalue weighted by Crippen LogP contribution is -2.45. The molecule has 0 saturated carbocycles. The van der Waals surface area contributed by atoms with Crippen LogP contribution in [0.25, 0.3) is 0 Å². The smallest absolute Gasteiger partial charge is 0.141 e. The Kier molecular flexibility index (Phi) is 4.56. The monoisotopic (exact) mass is 272 g/mol. The van der Waals surface area contributed by atoms with Crippen molar-refractivity contribution in [2.24, 2.45) is 5.73 Å². The normalized spacial score (nSPS) is 23.0. The predicted molar refractivity (Wildman–Crippen MR) is 70.2 cm³/mol. The quantitative estimate of drug-likeness (QED) is 0.917. The van der Waals surface area contributed by atoms with Crippen molar-refractivity contribution in [2.45, 2.75) is 19.1 Å². The fourth-order valence-corrected chi connectivity index (χ4v) is 2.53. The Bertz CT molecular complexity index is 416. The summed E-state index contributed by atoms with van der Waals surface area (Å²) < 4.78 is 18.7. The molecule has 0 bridgehead atoms. The molecule has 2 atom stereocenters.